The van der Waals surface area contributed by atoms with Crippen LogP contribution >= 0.6 is 0 Å². The van der Waals surface area contributed by atoms with E-state index in [1.165, 1.54) is 12.1 Å². The first kappa shape index (κ1) is 16.0. The van der Waals surface area contributed by atoms with Crippen molar-refractivity contribution in [2.24, 2.45) is 5.10 Å². The van der Waals surface area contributed by atoms with Gasteiger partial charge in [0.15, 0.2) is 11.5 Å². The highest BCUT2D eigenvalue weighted by Crippen LogP contribution is 2.39. The van der Waals surface area contributed by atoms with Crippen molar-refractivity contribution < 1.29 is 23.9 Å². The summed E-state index contributed by atoms with van der Waals surface area (Å²) in [6, 6.07) is 4.05. The minimum Gasteiger partial charge on any atom is -0.486 e. The molecule has 1 aromatic rings. The number of carbonyl (C=O) groups excluding carboxylic acids is 1. The van der Waals surface area contributed by atoms with E-state index >= 15 is 0 Å². The third kappa shape index (κ3) is 3.65. The molecule has 0 atom stereocenters. The molecule has 0 fully saturated rings. The van der Waals surface area contributed by atoms with Crippen LogP contribution in [0.15, 0.2) is 17.2 Å². The predicted octanol–water partition coefficient (Wildman–Crippen LogP) is 1.22. The molecule has 10 heteroatoms. The number of esters is 1. The summed E-state index contributed by atoms with van der Waals surface area (Å²) in [6.07, 6.45) is 0. The lowest BCUT2D eigenvalue weighted by Gasteiger charge is -2.18. The van der Waals surface area contributed by atoms with E-state index in [0.717, 1.165) is 0 Å². The maximum atomic E-state index is 11.5. The van der Waals surface area contributed by atoms with Gasteiger partial charge in [-0.25, -0.2) is 4.79 Å². The molecule has 0 aliphatic carbocycles. The van der Waals surface area contributed by atoms with Gasteiger partial charge in [0, 0.05) is 6.07 Å². The number of nitriles is 1. The van der Waals surface area contributed by atoms with Crippen LogP contribution in [0.1, 0.15) is 6.92 Å². The van der Waals surface area contributed by atoms with Gasteiger partial charge in [0.2, 0.25) is 5.71 Å². The molecule has 0 aromatic heterocycles. The van der Waals surface area contributed by atoms with Crippen LogP contribution in [0.25, 0.3) is 0 Å². The van der Waals surface area contributed by atoms with Gasteiger partial charge in [-0.3, -0.25) is 15.5 Å². The molecule has 0 unspecified atom stereocenters. The van der Waals surface area contributed by atoms with Crippen molar-refractivity contribution in [3.8, 4) is 17.6 Å². The summed E-state index contributed by atoms with van der Waals surface area (Å²) in [5.41, 5.74) is 1.38. The van der Waals surface area contributed by atoms with E-state index in [4.69, 9.17) is 14.7 Å². The summed E-state index contributed by atoms with van der Waals surface area (Å²) < 4.78 is 15.2. The average Bonchev–Trinajstić information content (AvgIpc) is 2.54. The molecular weight excluding hydrogens is 308 g/mol. The first-order chi connectivity index (χ1) is 11.1. The number of fused-ring (bicyclic) bond motifs is 1. The fourth-order valence-corrected chi connectivity index (χ4v) is 1.75. The highest BCUT2D eigenvalue weighted by Gasteiger charge is 2.22. The minimum absolute atomic E-state index is 0.0451. The van der Waals surface area contributed by atoms with Crippen molar-refractivity contribution in [1.82, 2.24) is 0 Å². The van der Waals surface area contributed by atoms with E-state index in [-0.39, 0.29) is 30.3 Å². The number of benzene rings is 1. The second-order valence-electron chi connectivity index (χ2n) is 4.17. The monoisotopic (exact) mass is 320 g/mol. The molecule has 0 amide bonds. The van der Waals surface area contributed by atoms with Gasteiger partial charge < -0.3 is 14.2 Å². The molecule has 23 heavy (non-hydrogen) atoms. The molecule has 0 spiro atoms. The normalized spacial score (nSPS) is 13.0. The zero-order valence-corrected chi connectivity index (χ0v) is 12.1. The van der Waals surface area contributed by atoms with E-state index in [2.05, 4.69) is 15.3 Å². The Labute approximate surface area is 130 Å². The Morgan fingerprint density at radius 2 is 2.13 bits per heavy atom. The molecule has 1 aromatic carbocycles. The number of nitrogens with zero attached hydrogens (tertiary/aromatic N) is 3. The third-order valence-corrected chi connectivity index (χ3v) is 2.72. The summed E-state index contributed by atoms with van der Waals surface area (Å²) in [6.45, 7) is 2.24. The van der Waals surface area contributed by atoms with Gasteiger partial charge in [-0.1, -0.05) is 0 Å². The van der Waals surface area contributed by atoms with Crippen molar-refractivity contribution in [3.05, 3.63) is 22.2 Å². The lowest BCUT2D eigenvalue weighted by molar-refractivity contribution is -0.384. The van der Waals surface area contributed by atoms with Crippen LogP contribution in [-0.2, 0) is 9.53 Å². The van der Waals surface area contributed by atoms with Crippen LogP contribution in [0.3, 0.4) is 0 Å². The van der Waals surface area contributed by atoms with Crippen molar-refractivity contribution in [2.75, 3.05) is 25.2 Å². The first-order valence-corrected chi connectivity index (χ1v) is 6.55. The van der Waals surface area contributed by atoms with Crippen molar-refractivity contribution in [3.63, 3.8) is 0 Å². The standard InChI is InChI=1S/C13H12N4O6/c1-2-21-13(18)9(7-14)16-15-8-5-11-12(23-4-3-22-11)6-10(8)17(19)20/h5-6,15H,2-4H2,1H3/b16-9+. The van der Waals surface area contributed by atoms with Crippen molar-refractivity contribution in [2.45, 2.75) is 6.92 Å². The smallest absolute Gasteiger partial charge is 0.369 e. The molecule has 0 saturated heterocycles. The van der Waals surface area contributed by atoms with Gasteiger partial charge in [0.1, 0.15) is 25.0 Å². The Kier molecular flexibility index (Phi) is 4.93. The Balaban J connectivity index is 2.33. The molecule has 1 aliphatic heterocycles. The summed E-state index contributed by atoms with van der Waals surface area (Å²) in [5, 5.41) is 23.5. The molecule has 10 nitrogen and oxygen atoms in total. The number of nitro benzene ring substituents is 1. The minimum atomic E-state index is -0.928. The lowest BCUT2D eigenvalue weighted by Crippen LogP contribution is -2.18. The maximum absolute atomic E-state index is 11.5. The number of anilines is 1. The van der Waals surface area contributed by atoms with E-state index < -0.39 is 16.6 Å². The van der Waals surface area contributed by atoms with Crippen LogP contribution in [0.5, 0.6) is 11.5 Å². The van der Waals surface area contributed by atoms with Crippen LogP contribution in [0.2, 0.25) is 0 Å². The van der Waals surface area contributed by atoms with E-state index in [9.17, 15) is 14.9 Å². The van der Waals surface area contributed by atoms with Crippen LogP contribution < -0.4 is 14.9 Å². The molecule has 1 N–H and O–H groups in total. The quantitative estimate of drug-likeness (QED) is 0.370. The highest BCUT2D eigenvalue weighted by molar-refractivity contribution is 6.43. The number of nitro groups is 1. The molecule has 0 saturated carbocycles. The van der Waals surface area contributed by atoms with Gasteiger partial charge in [0.25, 0.3) is 5.69 Å². The molecular formula is C13H12N4O6. The second kappa shape index (κ2) is 7.08. The Morgan fingerprint density at radius 1 is 1.48 bits per heavy atom. The van der Waals surface area contributed by atoms with Crippen LogP contribution in [-0.4, -0.2) is 36.4 Å². The molecule has 0 bridgehead atoms. The molecule has 1 heterocycles. The highest BCUT2D eigenvalue weighted by atomic mass is 16.6. The second-order valence-corrected chi connectivity index (χ2v) is 4.17. The molecule has 1 aliphatic rings. The molecule has 120 valence electrons. The maximum Gasteiger partial charge on any atom is 0.369 e. The van der Waals surface area contributed by atoms with E-state index in [0.29, 0.717) is 12.4 Å². The fraction of sp³-hybridized carbons (Fsp3) is 0.308. The van der Waals surface area contributed by atoms with Gasteiger partial charge in [-0.2, -0.15) is 10.4 Å². The van der Waals surface area contributed by atoms with Crippen molar-refractivity contribution in [1.29, 1.82) is 5.26 Å². The number of carbonyl (C=O) groups is 1. The topological polar surface area (TPSA) is 136 Å². The van der Waals surface area contributed by atoms with E-state index in [1.54, 1.807) is 13.0 Å². The third-order valence-electron chi connectivity index (χ3n) is 2.72. The van der Waals surface area contributed by atoms with Crippen molar-refractivity contribution >= 4 is 23.1 Å². The predicted molar refractivity (Wildman–Crippen MR) is 77.4 cm³/mol. The van der Waals surface area contributed by atoms with E-state index in [1.807, 2.05) is 0 Å². The van der Waals surface area contributed by atoms with Gasteiger partial charge in [0.05, 0.1) is 17.6 Å². The van der Waals surface area contributed by atoms with Gasteiger partial charge in [-0.15, -0.1) is 0 Å². The van der Waals surface area contributed by atoms with Crippen LogP contribution in [0, 0.1) is 21.4 Å². The fourth-order valence-electron chi connectivity index (χ4n) is 1.75. The van der Waals surface area contributed by atoms with Gasteiger partial charge >= 0.3 is 5.97 Å². The summed E-state index contributed by atoms with van der Waals surface area (Å²) in [4.78, 5) is 21.9. The number of hydrogen-bond donors (Lipinski definition) is 1. The zero-order valence-electron chi connectivity index (χ0n) is 12.1. The first-order valence-electron chi connectivity index (χ1n) is 6.55. The Morgan fingerprint density at radius 3 is 2.70 bits per heavy atom. The summed E-state index contributed by atoms with van der Waals surface area (Å²) in [5.74, 6) is -0.389. The SMILES string of the molecule is CCOC(=O)/C(C#N)=N/Nc1cc2c(cc1[N+](=O)[O-])OCCO2. The average molecular weight is 320 g/mol. The number of rotatable bonds is 5. The van der Waals surface area contributed by atoms with Crippen LogP contribution in [0.4, 0.5) is 11.4 Å². The Bertz CT molecular complexity index is 709. The summed E-state index contributed by atoms with van der Waals surface area (Å²) in [7, 11) is 0. The zero-order chi connectivity index (χ0) is 16.8. The molecule has 2 rings (SSSR count). The number of hydrazone groups is 1. The Hall–Kier alpha value is -3.35. The van der Waals surface area contributed by atoms with Gasteiger partial charge in [-0.05, 0) is 6.92 Å². The number of hydrogen-bond acceptors (Lipinski definition) is 9. The summed E-state index contributed by atoms with van der Waals surface area (Å²) >= 11 is 0. The number of ether oxygens (including phenoxy) is 3. The largest absolute Gasteiger partial charge is 0.486 e. The number of nitrogens with one attached hydrogen (secondary N) is 1. The molecule has 0 radical (unpaired) electrons. The lowest BCUT2D eigenvalue weighted by atomic mass is 10.2.